The van der Waals surface area contributed by atoms with Crippen LogP contribution in [0.3, 0.4) is 0 Å². The van der Waals surface area contributed by atoms with Gasteiger partial charge in [-0.25, -0.2) is 4.79 Å². The molecule has 2 rings (SSSR count). The summed E-state index contributed by atoms with van der Waals surface area (Å²) in [6, 6.07) is 17.0. The Balaban J connectivity index is 1.81. The standard InChI is InChI=1S/C20H26N4O2/c1-16-6-5-9-18(14-16)23-20(26)22-15-19(25)24(13-11-21)12-10-17-7-3-2-4-8-17/h2-9,14H,10-13,15,21H2,1H3,(H2,22,23,26). The minimum atomic E-state index is -0.403. The Morgan fingerprint density at radius 2 is 1.81 bits per heavy atom. The lowest BCUT2D eigenvalue weighted by Gasteiger charge is -2.22. The van der Waals surface area contributed by atoms with E-state index in [-0.39, 0.29) is 12.5 Å². The summed E-state index contributed by atoms with van der Waals surface area (Å²) in [5.74, 6) is -0.147. The van der Waals surface area contributed by atoms with Crippen LogP contribution in [0, 0.1) is 6.92 Å². The number of anilines is 1. The number of hydrogen-bond acceptors (Lipinski definition) is 3. The Bertz CT molecular complexity index is 719. The maximum absolute atomic E-state index is 12.4. The minimum Gasteiger partial charge on any atom is -0.340 e. The highest BCUT2D eigenvalue weighted by Crippen LogP contribution is 2.09. The Kier molecular flexibility index (Phi) is 7.64. The molecule has 0 spiro atoms. The van der Waals surface area contributed by atoms with E-state index >= 15 is 0 Å². The van der Waals surface area contributed by atoms with Crippen molar-refractivity contribution in [2.45, 2.75) is 13.3 Å². The number of amides is 3. The molecule has 0 fully saturated rings. The number of hydrogen-bond donors (Lipinski definition) is 3. The Labute approximate surface area is 154 Å². The van der Waals surface area contributed by atoms with Crippen molar-refractivity contribution in [2.75, 3.05) is 31.5 Å². The van der Waals surface area contributed by atoms with E-state index in [4.69, 9.17) is 5.73 Å². The van der Waals surface area contributed by atoms with Gasteiger partial charge in [0.05, 0.1) is 6.54 Å². The highest BCUT2D eigenvalue weighted by atomic mass is 16.2. The third-order valence-corrected chi connectivity index (χ3v) is 3.94. The number of benzene rings is 2. The largest absolute Gasteiger partial charge is 0.340 e. The highest BCUT2D eigenvalue weighted by Gasteiger charge is 2.14. The molecule has 0 aliphatic heterocycles. The summed E-state index contributed by atoms with van der Waals surface area (Å²) in [6.45, 7) is 3.31. The maximum atomic E-state index is 12.4. The highest BCUT2D eigenvalue weighted by molar-refractivity contribution is 5.92. The first kappa shape index (κ1) is 19.5. The predicted molar refractivity (Wildman–Crippen MR) is 104 cm³/mol. The SMILES string of the molecule is Cc1cccc(NC(=O)NCC(=O)N(CCN)CCc2ccccc2)c1. The molecule has 6 heteroatoms. The predicted octanol–water partition coefficient (Wildman–Crippen LogP) is 2.15. The fraction of sp³-hybridized carbons (Fsp3) is 0.300. The van der Waals surface area contributed by atoms with Gasteiger partial charge in [0, 0.05) is 25.3 Å². The molecule has 6 nitrogen and oxygen atoms in total. The number of carbonyl (C=O) groups excluding carboxylic acids is 2. The topological polar surface area (TPSA) is 87.5 Å². The molecule has 0 atom stereocenters. The first-order valence-electron chi connectivity index (χ1n) is 8.72. The van der Waals surface area contributed by atoms with Crippen LogP contribution in [0.5, 0.6) is 0 Å². The molecule has 0 bridgehead atoms. The molecule has 0 unspecified atom stereocenters. The fourth-order valence-electron chi connectivity index (χ4n) is 2.59. The second kappa shape index (κ2) is 10.2. The monoisotopic (exact) mass is 354 g/mol. The number of nitrogens with two attached hydrogens (primary N) is 1. The van der Waals surface area contributed by atoms with E-state index in [1.807, 2.05) is 55.5 Å². The summed E-state index contributed by atoms with van der Waals surface area (Å²) >= 11 is 0. The Morgan fingerprint density at radius 3 is 2.50 bits per heavy atom. The van der Waals surface area contributed by atoms with Gasteiger partial charge in [-0.05, 0) is 36.6 Å². The van der Waals surface area contributed by atoms with Crippen molar-refractivity contribution in [1.82, 2.24) is 10.2 Å². The lowest BCUT2D eigenvalue weighted by atomic mass is 10.1. The molecule has 2 aromatic rings. The number of aryl methyl sites for hydroxylation is 1. The fourth-order valence-corrected chi connectivity index (χ4v) is 2.59. The van der Waals surface area contributed by atoms with Crippen molar-refractivity contribution in [3.05, 3.63) is 65.7 Å². The molecule has 26 heavy (non-hydrogen) atoms. The van der Waals surface area contributed by atoms with Crippen LogP contribution in [-0.2, 0) is 11.2 Å². The van der Waals surface area contributed by atoms with Crippen molar-refractivity contribution in [2.24, 2.45) is 5.73 Å². The number of nitrogens with zero attached hydrogens (tertiary/aromatic N) is 1. The van der Waals surface area contributed by atoms with Crippen LogP contribution in [0.1, 0.15) is 11.1 Å². The molecular formula is C20H26N4O2. The van der Waals surface area contributed by atoms with Crippen molar-refractivity contribution in [3.63, 3.8) is 0 Å². The van der Waals surface area contributed by atoms with Crippen molar-refractivity contribution >= 4 is 17.6 Å². The van der Waals surface area contributed by atoms with Crippen LogP contribution < -0.4 is 16.4 Å². The molecule has 0 saturated heterocycles. The van der Waals surface area contributed by atoms with E-state index in [1.165, 1.54) is 0 Å². The first-order chi connectivity index (χ1) is 12.6. The molecule has 0 aliphatic carbocycles. The van der Waals surface area contributed by atoms with E-state index in [0.29, 0.717) is 25.3 Å². The summed E-state index contributed by atoms with van der Waals surface area (Å²) < 4.78 is 0. The summed E-state index contributed by atoms with van der Waals surface area (Å²) in [6.07, 6.45) is 0.752. The molecular weight excluding hydrogens is 328 g/mol. The number of nitrogens with one attached hydrogen (secondary N) is 2. The number of rotatable bonds is 8. The average Bonchev–Trinajstić information content (AvgIpc) is 2.64. The summed E-state index contributed by atoms with van der Waals surface area (Å²) in [7, 11) is 0. The van der Waals surface area contributed by atoms with Gasteiger partial charge in [0.2, 0.25) is 5.91 Å². The van der Waals surface area contributed by atoms with Crippen LogP contribution in [0.4, 0.5) is 10.5 Å². The van der Waals surface area contributed by atoms with Crippen LogP contribution in [-0.4, -0.2) is 43.0 Å². The quantitative estimate of drug-likeness (QED) is 0.679. The normalized spacial score (nSPS) is 10.2. The maximum Gasteiger partial charge on any atom is 0.319 e. The average molecular weight is 354 g/mol. The van der Waals surface area contributed by atoms with E-state index in [9.17, 15) is 9.59 Å². The second-order valence-corrected chi connectivity index (χ2v) is 6.08. The Hall–Kier alpha value is -2.86. The first-order valence-corrected chi connectivity index (χ1v) is 8.72. The van der Waals surface area contributed by atoms with Crippen LogP contribution >= 0.6 is 0 Å². The molecule has 0 aliphatic rings. The smallest absolute Gasteiger partial charge is 0.319 e. The molecule has 0 aromatic heterocycles. The van der Waals surface area contributed by atoms with Gasteiger partial charge in [0.1, 0.15) is 0 Å². The Morgan fingerprint density at radius 1 is 1.04 bits per heavy atom. The molecule has 0 saturated carbocycles. The van der Waals surface area contributed by atoms with Crippen molar-refractivity contribution in [3.8, 4) is 0 Å². The molecule has 4 N–H and O–H groups in total. The second-order valence-electron chi connectivity index (χ2n) is 6.08. The zero-order chi connectivity index (χ0) is 18.8. The van der Waals surface area contributed by atoms with Crippen LogP contribution in [0.25, 0.3) is 0 Å². The lowest BCUT2D eigenvalue weighted by Crippen LogP contribution is -2.44. The van der Waals surface area contributed by atoms with Gasteiger partial charge in [-0.3, -0.25) is 4.79 Å². The summed E-state index contributed by atoms with van der Waals surface area (Å²) in [5, 5.41) is 5.33. The third-order valence-electron chi connectivity index (χ3n) is 3.94. The molecule has 0 radical (unpaired) electrons. The van der Waals surface area contributed by atoms with Gasteiger partial charge in [-0.2, -0.15) is 0 Å². The number of carbonyl (C=O) groups is 2. The lowest BCUT2D eigenvalue weighted by molar-refractivity contribution is -0.129. The molecule has 0 heterocycles. The van der Waals surface area contributed by atoms with E-state index in [2.05, 4.69) is 10.6 Å². The van der Waals surface area contributed by atoms with E-state index in [1.54, 1.807) is 11.0 Å². The summed E-state index contributed by atoms with van der Waals surface area (Å²) in [5.41, 5.74) is 8.52. The molecule has 2 aromatic carbocycles. The van der Waals surface area contributed by atoms with Gasteiger partial charge in [0.15, 0.2) is 0 Å². The van der Waals surface area contributed by atoms with Gasteiger partial charge in [0.25, 0.3) is 0 Å². The van der Waals surface area contributed by atoms with E-state index in [0.717, 1.165) is 17.5 Å². The number of urea groups is 1. The van der Waals surface area contributed by atoms with Gasteiger partial charge in [-0.15, -0.1) is 0 Å². The van der Waals surface area contributed by atoms with Crippen LogP contribution in [0.2, 0.25) is 0 Å². The van der Waals surface area contributed by atoms with Crippen molar-refractivity contribution < 1.29 is 9.59 Å². The van der Waals surface area contributed by atoms with Gasteiger partial charge < -0.3 is 21.3 Å². The van der Waals surface area contributed by atoms with Gasteiger partial charge in [-0.1, -0.05) is 42.5 Å². The van der Waals surface area contributed by atoms with Crippen molar-refractivity contribution in [1.29, 1.82) is 0 Å². The minimum absolute atomic E-state index is 0.0631. The zero-order valence-corrected chi connectivity index (χ0v) is 15.1. The zero-order valence-electron chi connectivity index (χ0n) is 15.1. The van der Waals surface area contributed by atoms with E-state index < -0.39 is 6.03 Å². The summed E-state index contributed by atoms with van der Waals surface area (Å²) in [4.78, 5) is 26.0. The molecule has 138 valence electrons. The van der Waals surface area contributed by atoms with Crippen LogP contribution in [0.15, 0.2) is 54.6 Å². The molecule has 3 amide bonds. The third kappa shape index (κ3) is 6.57. The van der Waals surface area contributed by atoms with Gasteiger partial charge >= 0.3 is 6.03 Å².